The highest BCUT2D eigenvalue weighted by Crippen LogP contribution is 2.34. The van der Waals surface area contributed by atoms with E-state index in [9.17, 15) is 4.79 Å². The molecule has 3 atom stereocenters. The van der Waals surface area contributed by atoms with Gasteiger partial charge in [-0.1, -0.05) is 24.3 Å². The third-order valence-corrected chi connectivity index (χ3v) is 5.14. The number of ketones is 1. The summed E-state index contributed by atoms with van der Waals surface area (Å²) in [6.07, 6.45) is 13.4. The summed E-state index contributed by atoms with van der Waals surface area (Å²) in [6, 6.07) is 0.117. The molecule has 1 saturated heterocycles. The van der Waals surface area contributed by atoms with Gasteiger partial charge in [0, 0.05) is 17.8 Å². The number of nitrogens with zero attached hydrogens (tertiary/aromatic N) is 2. The van der Waals surface area contributed by atoms with Crippen LogP contribution in [0, 0.1) is 5.92 Å². The van der Waals surface area contributed by atoms with Crippen molar-refractivity contribution in [3.63, 3.8) is 0 Å². The molecule has 0 bridgehead atoms. The predicted molar refractivity (Wildman–Crippen MR) is 89.8 cm³/mol. The third-order valence-electron chi connectivity index (χ3n) is 5.14. The first-order valence-corrected chi connectivity index (χ1v) is 8.10. The fraction of sp³-hybridized carbons (Fsp3) is 0.556. The minimum Gasteiger partial charge on any atom is -0.350 e. The maximum absolute atomic E-state index is 11.6. The molecule has 0 radical (unpaired) electrons. The van der Waals surface area contributed by atoms with E-state index in [-0.39, 0.29) is 11.6 Å². The van der Waals surface area contributed by atoms with E-state index in [4.69, 9.17) is 0 Å². The van der Waals surface area contributed by atoms with Gasteiger partial charge in [0.25, 0.3) is 0 Å². The Kier molecular flexibility index (Phi) is 4.04. The van der Waals surface area contributed by atoms with Crippen LogP contribution in [0.15, 0.2) is 40.6 Å². The molecule has 1 fully saturated rings. The number of fused-ring (bicyclic) bond motifs is 1. The number of Topliss-reactive ketones (excluding diaryl/α,β-unsaturated/α-hetero) is 1. The fourth-order valence-corrected chi connectivity index (χ4v) is 3.84. The molecule has 4 nitrogen and oxygen atoms in total. The zero-order valence-corrected chi connectivity index (χ0v) is 13.7. The molecule has 0 spiro atoms. The molecular weight excluding hydrogens is 274 g/mol. The Morgan fingerprint density at radius 3 is 3.05 bits per heavy atom. The minimum atomic E-state index is -0.219. The van der Waals surface area contributed by atoms with Crippen molar-refractivity contribution in [1.29, 1.82) is 0 Å². The van der Waals surface area contributed by atoms with Crippen molar-refractivity contribution in [3.05, 3.63) is 35.6 Å². The summed E-state index contributed by atoms with van der Waals surface area (Å²) in [5.74, 6) is 0.893. The lowest BCUT2D eigenvalue weighted by Gasteiger charge is -2.31. The van der Waals surface area contributed by atoms with Crippen LogP contribution in [0.3, 0.4) is 0 Å². The number of likely N-dealkylation sites (N-methyl/N-ethyl adjacent to an activating group) is 1. The van der Waals surface area contributed by atoms with Gasteiger partial charge in [-0.25, -0.2) is 0 Å². The Balaban J connectivity index is 1.66. The SMILES string of the molecule is CC(=O)C1CC(CCC2=C3C=CC=CC3(C)N=CN2)CN1C. The number of aliphatic imine (C=N–C) groups is 1. The molecule has 3 aliphatic rings. The normalized spacial score (nSPS) is 34.0. The van der Waals surface area contributed by atoms with Crippen LogP contribution in [0.4, 0.5) is 0 Å². The topological polar surface area (TPSA) is 44.7 Å². The maximum Gasteiger partial charge on any atom is 0.146 e. The van der Waals surface area contributed by atoms with Crippen LogP contribution in [-0.2, 0) is 4.79 Å². The summed E-state index contributed by atoms with van der Waals surface area (Å²) in [7, 11) is 2.06. The molecule has 0 aromatic rings. The van der Waals surface area contributed by atoms with Gasteiger partial charge in [0.2, 0.25) is 0 Å². The summed E-state index contributed by atoms with van der Waals surface area (Å²) < 4.78 is 0. The first-order valence-electron chi connectivity index (χ1n) is 8.10. The molecule has 2 aliphatic heterocycles. The molecule has 0 aromatic heterocycles. The standard InChI is InChI=1S/C18H25N3O/c1-13(22)17-10-14(11-21(17)3)7-8-16-15-6-4-5-9-18(15,2)20-12-19-16/h4-6,9,12,14,17H,7-8,10-11H2,1-3H3,(H,19,20). The fourth-order valence-electron chi connectivity index (χ4n) is 3.84. The second kappa shape index (κ2) is 5.84. The zero-order valence-electron chi connectivity index (χ0n) is 13.7. The number of hydrogen-bond acceptors (Lipinski definition) is 4. The van der Waals surface area contributed by atoms with Crippen molar-refractivity contribution < 1.29 is 4.79 Å². The average molecular weight is 299 g/mol. The summed E-state index contributed by atoms with van der Waals surface area (Å²) in [5, 5.41) is 3.33. The van der Waals surface area contributed by atoms with Crippen LogP contribution in [0.25, 0.3) is 0 Å². The van der Waals surface area contributed by atoms with Crippen molar-refractivity contribution in [2.24, 2.45) is 10.9 Å². The lowest BCUT2D eigenvalue weighted by atomic mass is 9.84. The molecule has 3 rings (SSSR count). The third kappa shape index (κ3) is 2.80. The van der Waals surface area contributed by atoms with Crippen molar-refractivity contribution in [2.75, 3.05) is 13.6 Å². The molecule has 0 saturated carbocycles. The van der Waals surface area contributed by atoms with E-state index < -0.39 is 0 Å². The Bertz CT molecular complexity index is 587. The quantitative estimate of drug-likeness (QED) is 0.867. The number of carbonyl (C=O) groups excluding carboxylic acids is 1. The summed E-state index contributed by atoms with van der Waals surface area (Å²) in [6.45, 7) is 4.88. The number of carbonyl (C=O) groups is 1. The minimum absolute atomic E-state index is 0.117. The van der Waals surface area contributed by atoms with Crippen molar-refractivity contribution in [3.8, 4) is 0 Å². The van der Waals surface area contributed by atoms with Gasteiger partial charge in [0.05, 0.1) is 12.4 Å². The summed E-state index contributed by atoms with van der Waals surface area (Å²) >= 11 is 0. The van der Waals surface area contributed by atoms with Gasteiger partial charge in [0.15, 0.2) is 0 Å². The molecule has 2 heterocycles. The summed E-state index contributed by atoms with van der Waals surface area (Å²) in [4.78, 5) is 18.4. The van der Waals surface area contributed by atoms with E-state index >= 15 is 0 Å². The van der Waals surface area contributed by atoms with Crippen LogP contribution in [0.5, 0.6) is 0 Å². The molecule has 22 heavy (non-hydrogen) atoms. The van der Waals surface area contributed by atoms with Gasteiger partial charge in [-0.2, -0.15) is 0 Å². The molecule has 0 amide bonds. The second-order valence-corrected chi connectivity index (χ2v) is 6.87. The highest BCUT2D eigenvalue weighted by molar-refractivity contribution is 5.81. The molecule has 0 aromatic carbocycles. The van der Waals surface area contributed by atoms with Gasteiger partial charge >= 0.3 is 0 Å². The lowest BCUT2D eigenvalue weighted by Crippen LogP contribution is -2.33. The van der Waals surface area contributed by atoms with E-state index in [2.05, 4.69) is 53.5 Å². The lowest BCUT2D eigenvalue weighted by molar-refractivity contribution is -0.120. The van der Waals surface area contributed by atoms with Gasteiger partial charge in [-0.15, -0.1) is 0 Å². The molecule has 4 heteroatoms. The van der Waals surface area contributed by atoms with E-state index in [1.807, 2.05) is 6.34 Å². The van der Waals surface area contributed by atoms with Gasteiger partial charge in [0.1, 0.15) is 11.3 Å². The Morgan fingerprint density at radius 2 is 2.32 bits per heavy atom. The first-order chi connectivity index (χ1) is 10.5. The number of rotatable bonds is 4. The van der Waals surface area contributed by atoms with E-state index in [0.717, 1.165) is 25.8 Å². The van der Waals surface area contributed by atoms with Gasteiger partial charge < -0.3 is 5.32 Å². The molecular formula is C18H25N3O. The molecule has 1 N–H and O–H groups in total. The van der Waals surface area contributed by atoms with Gasteiger partial charge in [-0.3, -0.25) is 14.7 Å². The number of allylic oxidation sites excluding steroid dienone is 3. The maximum atomic E-state index is 11.6. The average Bonchev–Trinajstić information content (AvgIpc) is 2.85. The van der Waals surface area contributed by atoms with Crippen LogP contribution < -0.4 is 5.32 Å². The monoisotopic (exact) mass is 299 g/mol. The van der Waals surface area contributed by atoms with E-state index in [1.54, 1.807) is 6.92 Å². The highest BCUT2D eigenvalue weighted by atomic mass is 16.1. The van der Waals surface area contributed by atoms with Crippen LogP contribution in [-0.4, -0.2) is 42.2 Å². The van der Waals surface area contributed by atoms with Crippen molar-refractivity contribution in [2.45, 2.75) is 44.7 Å². The zero-order chi connectivity index (χ0) is 15.7. The van der Waals surface area contributed by atoms with E-state index in [0.29, 0.717) is 11.7 Å². The summed E-state index contributed by atoms with van der Waals surface area (Å²) in [5.41, 5.74) is 2.32. The van der Waals surface area contributed by atoms with Crippen molar-refractivity contribution in [1.82, 2.24) is 10.2 Å². The molecule has 1 aliphatic carbocycles. The number of nitrogens with one attached hydrogen (secondary N) is 1. The Labute approximate surface area is 132 Å². The Morgan fingerprint density at radius 1 is 1.50 bits per heavy atom. The molecule has 118 valence electrons. The van der Waals surface area contributed by atoms with E-state index in [1.165, 1.54) is 11.3 Å². The van der Waals surface area contributed by atoms with Crippen LogP contribution >= 0.6 is 0 Å². The number of hydrogen-bond donors (Lipinski definition) is 1. The van der Waals surface area contributed by atoms with Gasteiger partial charge in [-0.05, 0) is 46.1 Å². The van der Waals surface area contributed by atoms with Crippen LogP contribution in [0.2, 0.25) is 0 Å². The highest BCUT2D eigenvalue weighted by Gasteiger charge is 2.33. The molecule has 3 unspecified atom stereocenters. The second-order valence-electron chi connectivity index (χ2n) is 6.87. The largest absolute Gasteiger partial charge is 0.350 e. The number of likely N-dealkylation sites (tertiary alicyclic amines) is 1. The predicted octanol–water partition coefficient (Wildman–Crippen LogP) is 2.45. The first kappa shape index (κ1) is 15.2. The van der Waals surface area contributed by atoms with Crippen LogP contribution in [0.1, 0.15) is 33.1 Å². The van der Waals surface area contributed by atoms with Crippen molar-refractivity contribution >= 4 is 12.1 Å². The smallest absolute Gasteiger partial charge is 0.146 e. The Hall–Kier alpha value is -1.68.